The van der Waals surface area contributed by atoms with Gasteiger partial charge in [-0.3, -0.25) is 4.98 Å². The second-order valence-electron chi connectivity index (χ2n) is 4.28. The van der Waals surface area contributed by atoms with E-state index in [1.807, 2.05) is 12.2 Å². The highest BCUT2D eigenvalue weighted by Crippen LogP contribution is 2.25. The molecule has 78 valence electrons. The predicted octanol–water partition coefficient (Wildman–Crippen LogP) is 2.04. The third kappa shape index (κ3) is 2.13. The number of allylic oxidation sites excluding steroid dienone is 2. The number of aliphatic hydroxyl groups is 1. The van der Waals surface area contributed by atoms with Gasteiger partial charge in [0, 0.05) is 5.41 Å². The summed E-state index contributed by atoms with van der Waals surface area (Å²) in [5.41, 5.74) is 2.31. The number of aromatic nitrogens is 2. The Morgan fingerprint density at radius 3 is 2.53 bits per heavy atom. The van der Waals surface area contributed by atoms with Crippen LogP contribution in [0.15, 0.2) is 18.3 Å². The van der Waals surface area contributed by atoms with Gasteiger partial charge in [0.15, 0.2) is 0 Å². The van der Waals surface area contributed by atoms with Crippen LogP contribution in [0, 0.1) is 5.41 Å². The lowest BCUT2D eigenvalue weighted by Crippen LogP contribution is -2.00. The zero-order valence-electron chi connectivity index (χ0n) is 8.94. The number of rotatable bonds is 1. The van der Waals surface area contributed by atoms with Crippen LogP contribution in [0.4, 0.5) is 0 Å². The van der Waals surface area contributed by atoms with Crippen LogP contribution in [0.25, 0.3) is 12.2 Å². The van der Waals surface area contributed by atoms with E-state index in [0.717, 1.165) is 11.4 Å². The molecule has 2 rings (SSSR count). The molecule has 0 aromatic carbocycles. The van der Waals surface area contributed by atoms with Crippen LogP contribution in [-0.4, -0.2) is 15.1 Å². The highest BCUT2D eigenvalue weighted by molar-refractivity contribution is 5.63. The summed E-state index contributed by atoms with van der Waals surface area (Å²) in [4.78, 5) is 8.56. The van der Waals surface area contributed by atoms with E-state index in [4.69, 9.17) is 5.11 Å². The van der Waals surface area contributed by atoms with E-state index in [2.05, 4.69) is 36.0 Å². The third-order valence-electron chi connectivity index (χ3n) is 2.38. The Hall–Kier alpha value is -1.48. The molecule has 0 radical (unpaired) electrons. The van der Waals surface area contributed by atoms with Crippen molar-refractivity contribution in [3.63, 3.8) is 0 Å². The van der Waals surface area contributed by atoms with Gasteiger partial charge in [-0.1, -0.05) is 26.0 Å². The monoisotopic (exact) mass is 202 g/mol. The molecule has 15 heavy (non-hydrogen) atoms. The van der Waals surface area contributed by atoms with E-state index in [-0.39, 0.29) is 12.0 Å². The van der Waals surface area contributed by atoms with Crippen molar-refractivity contribution in [3.8, 4) is 0 Å². The Morgan fingerprint density at radius 1 is 1.20 bits per heavy atom. The molecule has 0 atom stereocenters. The fourth-order valence-corrected chi connectivity index (χ4v) is 1.42. The fourth-order valence-electron chi connectivity index (χ4n) is 1.42. The van der Waals surface area contributed by atoms with Gasteiger partial charge < -0.3 is 5.11 Å². The lowest BCUT2D eigenvalue weighted by atomic mass is 9.93. The van der Waals surface area contributed by atoms with Crippen molar-refractivity contribution in [2.75, 3.05) is 0 Å². The highest BCUT2D eigenvalue weighted by Gasteiger charge is 2.13. The smallest absolute Gasteiger partial charge is 0.0888 e. The van der Waals surface area contributed by atoms with E-state index in [0.29, 0.717) is 5.69 Å². The van der Waals surface area contributed by atoms with E-state index in [1.165, 1.54) is 0 Å². The Morgan fingerprint density at radius 2 is 1.87 bits per heavy atom. The van der Waals surface area contributed by atoms with Gasteiger partial charge in [-0.05, 0) is 12.2 Å². The lowest BCUT2D eigenvalue weighted by Gasteiger charge is -2.11. The Kier molecular flexibility index (Phi) is 2.40. The van der Waals surface area contributed by atoms with E-state index in [1.54, 1.807) is 6.20 Å². The molecule has 0 amide bonds. The van der Waals surface area contributed by atoms with Crippen LogP contribution >= 0.6 is 0 Å². The van der Waals surface area contributed by atoms with Crippen LogP contribution in [0.1, 0.15) is 30.9 Å². The van der Waals surface area contributed by atoms with Crippen molar-refractivity contribution in [2.24, 2.45) is 5.41 Å². The summed E-state index contributed by atoms with van der Waals surface area (Å²) < 4.78 is 0. The van der Waals surface area contributed by atoms with Crippen molar-refractivity contribution in [1.29, 1.82) is 0 Å². The summed E-state index contributed by atoms with van der Waals surface area (Å²) in [6.07, 6.45) is 9.73. The van der Waals surface area contributed by atoms with Crippen molar-refractivity contribution in [2.45, 2.75) is 20.5 Å². The van der Waals surface area contributed by atoms with Crippen LogP contribution < -0.4 is 0 Å². The van der Waals surface area contributed by atoms with Crippen LogP contribution in [-0.2, 0) is 6.61 Å². The van der Waals surface area contributed by atoms with Gasteiger partial charge in [-0.15, -0.1) is 0 Å². The lowest BCUT2D eigenvalue weighted by molar-refractivity contribution is 0.276. The topological polar surface area (TPSA) is 46.0 Å². The van der Waals surface area contributed by atoms with Crippen LogP contribution in [0.2, 0.25) is 0 Å². The van der Waals surface area contributed by atoms with Gasteiger partial charge in [-0.2, -0.15) is 0 Å². The van der Waals surface area contributed by atoms with Gasteiger partial charge in [-0.25, -0.2) is 4.98 Å². The normalized spacial score (nSPS) is 17.3. The predicted molar refractivity (Wildman–Crippen MR) is 59.8 cm³/mol. The average Bonchev–Trinajstić information content (AvgIpc) is 2.38. The molecule has 0 bridgehead atoms. The van der Waals surface area contributed by atoms with Crippen molar-refractivity contribution in [3.05, 3.63) is 35.4 Å². The molecule has 3 heteroatoms. The molecular formula is C12H14N2O. The summed E-state index contributed by atoms with van der Waals surface area (Å²) in [6, 6.07) is 0. The van der Waals surface area contributed by atoms with Gasteiger partial charge >= 0.3 is 0 Å². The van der Waals surface area contributed by atoms with Crippen molar-refractivity contribution in [1.82, 2.24) is 9.97 Å². The first kappa shape index (κ1) is 10.1. The Balaban J connectivity index is 2.49. The number of hydrogen-bond acceptors (Lipinski definition) is 3. The highest BCUT2D eigenvalue weighted by atomic mass is 16.3. The zero-order chi connectivity index (χ0) is 10.9. The molecule has 0 fully saturated rings. The average molecular weight is 202 g/mol. The minimum absolute atomic E-state index is 0.0295. The molecule has 1 aromatic rings. The molecule has 0 aliphatic heterocycles. The number of fused-ring (bicyclic) bond motifs is 1. The molecule has 1 aliphatic carbocycles. The Labute approximate surface area is 89.2 Å². The van der Waals surface area contributed by atoms with E-state index < -0.39 is 0 Å². The number of nitrogens with zero attached hydrogens (tertiary/aromatic N) is 2. The van der Waals surface area contributed by atoms with Gasteiger partial charge in [0.2, 0.25) is 0 Å². The second kappa shape index (κ2) is 3.59. The molecule has 1 aromatic heterocycles. The third-order valence-corrected chi connectivity index (χ3v) is 2.38. The molecule has 0 spiro atoms. The maximum atomic E-state index is 8.97. The molecule has 1 N–H and O–H groups in total. The van der Waals surface area contributed by atoms with Gasteiger partial charge in [0.1, 0.15) is 0 Å². The van der Waals surface area contributed by atoms with Crippen molar-refractivity contribution >= 4 is 12.2 Å². The SMILES string of the molecule is CC1(C)C=Cc2ncc(CO)nc2C=C1. The van der Waals surface area contributed by atoms with Crippen LogP contribution in [0.5, 0.6) is 0 Å². The second-order valence-corrected chi connectivity index (χ2v) is 4.28. The molecule has 3 nitrogen and oxygen atoms in total. The van der Waals surface area contributed by atoms with E-state index >= 15 is 0 Å². The van der Waals surface area contributed by atoms with E-state index in [9.17, 15) is 0 Å². The molecule has 1 heterocycles. The summed E-state index contributed by atoms with van der Waals surface area (Å²) in [5.74, 6) is 0. The molecule has 1 aliphatic rings. The maximum Gasteiger partial charge on any atom is 0.0888 e. The van der Waals surface area contributed by atoms with Crippen LogP contribution in [0.3, 0.4) is 0 Å². The summed E-state index contributed by atoms with van der Waals surface area (Å²) in [7, 11) is 0. The van der Waals surface area contributed by atoms with Gasteiger partial charge in [0.25, 0.3) is 0 Å². The number of aliphatic hydroxyl groups excluding tert-OH is 1. The zero-order valence-corrected chi connectivity index (χ0v) is 8.94. The number of hydrogen-bond donors (Lipinski definition) is 1. The largest absolute Gasteiger partial charge is 0.390 e. The first-order valence-electron chi connectivity index (χ1n) is 4.96. The standard InChI is InChI=1S/C12H14N2O/c1-12(2)5-3-10-11(4-6-12)14-9(8-15)7-13-10/h3-7,15H,8H2,1-2H3. The maximum absolute atomic E-state index is 8.97. The molecule has 0 saturated carbocycles. The first-order chi connectivity index (χ1) is 7.11. The molecular weight excluding hydrogens is 188 g/mol. The minimum Gasteiger partial charge on any atom is -0.390 e. The fraction of sp³-hybridized carbons (Fsp3) is 0.333. The van der Waals surface area contributed by atoms with Crippen molar-refractivity contribution < 1.29 is 5.11 Å². The summed E-state index contributed by atoms with van der Waals surface area (Å²) in [6.45, 7) is 4.18. The minimum atomic E-state index is -0.0682. The summed E-state index contributed by atoms with van der Waals surface area (Å²) >= 11 is 0. The molecule has 0 unspecified atom stereocenters. The molecule has 0 saturated heterocycles. The summed E-state index contributed by atoms with van der Waals surface area (Å²) in [5, 5.41) is 8.97. The quantitative estimate of drug-likeness (QED) is 0.758. The van der Waals surface area contributed by atoms with Gasteiger partial charge in [0.05, 0.1) is 29.9 Å². The Bertz CT molecular complexity index is 433. The first-order valence-corrected chi connectivity index (χ1v) is 4.96.